The summed E-state index contributed by atoms with van der Waals surface area (Å²) in [6, 6.07) is 7.44. The SMILES string of the molecule is CC1=Nc2ccccc2C(Cl)C1=O. The molecule has 3 heteroatoms. The third-order valence-corrected chi connectivity index (χ3v) is 2.52. The van der Waals surface area contributed by atoms with Crippen molar-refractivity contribution < 1.29 is 4.79 Å². The molecule has 0 aromatic heterocycles. The normalized spacial score (nSPS) is 20.9. The molecule has 0 aliphatic carbocycles. The quantitative estimate of drug-likeness (QED) is 0.583. The smallest absolute Gasteiger partial charge is 0.199 e. The monoisotopic (exact) mass is 193 g/mol. The molecule has 0 spiro atoms. The summed E-state index contributed by atoms with van der Waals surface area (Å²) in [6.07, 6.45) is 0. The lowest BCUT2D eigenvalue weighted by atomic mass is 10.0. The molecule has 0 N–H and O–H groups in total. The maximum atomic E-state index is 11.4. The highest BCUT2D eigenvalue weighted by Crippen LogP contribution is 2.34. The van der Waals surface area contributed by atoms with Crippen LogP contribution in [0.5, 0.6) is 0 Å². The summed E-state index contributed by atoms with van der Waals surface area (Å²) in [4.78, 5) is 15.6. The van der Waals surface area contributed by atoms with E-state index >= 15 is 0 Å². The maximum absolute atomic E-state index is 11.4. The van der Waals surface area contributed by atoms with Gasteiger partial charge in [-0.1, -0.05) is 18.2 Å². The van der Waals surface area contributed by atoms with Crippen molar-refractivity contribution in [1.29, 1.82) is 0 Å². The van der Waals surface area contributed by atoms with E-state index in [-0.39, 0.29) is 5.78 Å². The third kappa shape index (κ3) is 1.27. The van der Waals surface area contributed by atoms with Crippen LogP contribution >= 0.6 is 11.6 Å². The number of hydrogen-bond donors (Lipinski definition) is 0. The van der Waals surface area contributed by atoms with Crippen molar-refractivity contribution in [2.45, 2.75) is 12.3 Å². The van der Waals surface area contributed by atoms with Gasteiger partial charge in [0.2, 0.25) is 0 Å². The average molecular weight is 194 g/mol. The average Bonchev–Trinajstić information content (AvgIpc) is 2.15. The first-order valence-electron chi connectivity index (χ1n) is 4.02. The van der Waals surface area contributed by atoms with Crippen LogP contribution < -0.4 is 0 Å². The van der Waals surface area contributed by atoms with Gasteiger partial charge in [0.25, 0.3) is 0 Å². The molecular weight excluding hydrogens is 186 g/mol. The fraction of sp³-hybridized carbons (Fsp3) is 0.200. The molecule has 1 aliphatic rings. The van der Waals surface area contributed by atoms with E-state index in [1.165, 1.54) is 0 Å². The molecule has 66 valence electrons. The summed E-state index contributed by atoms with van der Waals surface area (Å²) in [7, 11) is 0. The first kappa shape index (κ1) is 8.45. The molecule has 1 unspecified atom stereocenters. The molecule has 0 fully saturated rings. The molecule has 1 aromatic carbocycles. The lowest BCUT2D eigenvalue weighted by molar-refractivity contribution is -0.112. The fourth-order valence-corrected chi connectivity index (χ4v) is 1.71. The topological polar surface area (TPSA) is 29.4 Å². The van der Waals surface area contributed by atoms with E-state index in [1.54, 1.807) is 6.92 Å². The highest BCUT2D eigenvalue weighted by atomic mass is 35.5. The van der Waals surface area contributed by atoms with Crippen molar-refractivity contribution in [1.82, 2.24) is 0 Å². The molecular formula is C10H8ClNO. The van der Waals surface area contributed by atoms with E-state index in [0.717, 1.165) is 11.3 Å². The van der Waals surface area contributed by atoms with Gasteiger partial charge < -0.3 is 0 Å². The van der Waals surface area contributed by atoms with Gasteiger partial charge in [0.05, 0.1) is 11.4 Å². The number of Topliss-reactive ketones (excluding diaryl/α,β-unsaturated/α-hetero) is 1. The van der Waals surface area contributed by atoms with E-state index in [4.69, 9.17) is 11.6 Å². The summed E-state index contributed by atoms with van der Waals surface area (Å²) in [5, 5.41) is -0.561. The molecule has 2 nitrogen and oxygen atoms in total. The number of hydrogen-bond acceptors (Lipinski definition) is 2. The Morgan fingerprint density at radius 1 is 1.38 bits per heavy atom. The zero-order valence-electron chi connectivity index (χ0n) is 7.12. The van der Waals surface area contributed by atoms with Crippen molar-refractivity contribution >= 4 is 28.8 Å². The molecule has 1 heterocycles. The van der Waals surface area contributed by atoms with E-state index in [0.29, 0.717) is 5.71 Å². The van der Waals surface area contributed by atoms with E-state index < -0.39 is 5.38 Å². The molecule has 0 bridgehead atoms. The minimum atomic E-state index is -0.561. The van der Waals surface area contributed by atoms with Gasteiger partial charge in [-0.15, -0.1) is 11.6 Å². The van der Waals surface area contributed by atoms with E-state index in [1.807, 2.05) is 24.3 Å². The second-order valence-corrected chi connectivity index (χ2v) is 3.42. The molecule has 1 aromatic rings. The van der Waals surface area contributed by atoms with Crippen LogP contribution in [0.3, 0.4) is 0 Å². The van der Waals surface area contributed by atoms with Crippen molar-refractivity contribution in [3.8, 4) is 0 Å². The number of ketones is 1. The van der Waals surface area contributed by atoms with Gasteiger partial charge >= 0.3 is 0 Å². The zero-order valence-corrected chi connectivity index (χ0v) is 7.88. The molecule has 13 heavy (non-hydrogen) atoms. The molecule has 0 saturated heterocycles. The predicted octanol–water partition coefficient (Wildman–Crippen LogP) is 2.64. The highest BCUT2D eigenvalue weighted by Gasteiger charge is 2.26. The Bertz CT molecular complexity index is 398. The van der Waals surface area contributed by atoms with Gasteiger partial charge in [0.15, 0.2) is 5.78 Å². The first-order chi connectivity index (χ1) is 6.20. The number of alkyl halides is 1. The van der Waals surface area contributed by atoms with Gasteiger partial charge in [0, 0.05) is 5.56 Å². The Hall–Kier alpha value is -1.15. The molecule has 1 aliphatic heterocycles. The third-order valence-electron chi connectivity index (χ3n) is 2.08. The van der Waals surface area contributed by atoms with E-state index in [2.05, 4.69) is 4.99 Å². The lowest BCUT2D eigenvalue weighted by Crippen LogP contribution is -2.19. The van der Waals surface area contributed by atoms with Crippen LogP contribution in [0.25, 0.3) is 0 Å². The lowest BCUT2D eigenvalue weighted by Gasteiger charge is -2.16. The minimum Gasteiger partial charge on any atom is -0.291 e. The predicted molar refractivity (Wildman–Crippen MR) is 52.8 cm³/mol. The standard InChI is InChI=1S/C10H8ClNO/c1-6-10(13)9(11)7-4-2-3-5-8(7)12-6/h2-5,9H,1H3. The van der Waals surface area contributed by atoms with Crippen LogP contribution in [0.15, 0.2) is 29.3 Å². The van der Waals surface area contributed by atoms with Gasteiger partial charge in [0.1, 0.15) is 5.38 Å². The highest BCUT2D eigenvalue weighted by molar-refractivity contribution is 6.51. The minimum absolute atomic E-state index is 0.0969. The van der Waals surface area contributed by atoms with Crippen LogP contribution in [0.1, 0.15) is 17.9 Å². The van der Waals surface area contributed by atoms with Crippen LogP contribution in [0, 0.1) is 0 Å². The van der Waals surface area contributed by atoms with E-state index in [9.17, 15) is 4.79 Å². The number of halogens is 1. The first-order valence-corrected chi connectivity index (χ1v) is 4.46. The summed E-state index contributed by atoms with van der Waals surface area (Å²) >= 11 is 5.96. The van der Waals surface area contributed by atoms with Crippen molar-refractivity contribution in [2.24, 2.45) is 4.99 Å². The number of benzene rings is 1. The van der Waals surface area contributed by atoms with Crippen molar-refractivity contribution in [2.75, 3.05) is 0 Å². The van der Waals surface area contributed by atoms with Gasteiger partial charge in [-0.3, -0.25) is 4.79 Å². The second kappa shape index (κ2) is 2.96. The Balaban J connectivity index is 2.63. The summed E-state index contributed by atoms with van der Waals surface area (Å²) in [6.45, 7) is 1.69. The van der Waals surface area contributed by atoms with Gasteiger partial charge in [-0.05, 0) is 13.0 Å². The number of carbonyl (C=O) groups excluding carboxylic acids is 1. The number of aliphatic imine (C=N–C) groups is 1. The summed E-state index contributed by atoms with van der Waals surface area (Å²) < 4.78 is 0. The number of para-hydroxylation sites is 1. The number of fused-ring (bicyclic) bond motifs is 1. The van der Waals surface area contributed by atoms with Gasteiger partial charge in [-0.2, -0.15) is 0 Å². The zero-order chi connectivity index (χ0) is 9.42. The molecule has 0 amide bonds. The van der Waals surface area contributed by atoms with Crippen LogP contribution in [0.4, 0.5) is 5.69 Å². The number of rotatable bonds is 0. The molecule has 1 atom stereocenters. The Morgan fingerprint density at radius 3 is 2.85 bits per heavy atom. The number of nitrogens with zero attached hydrogens (tertiary/aromatic N) is 1. The fourth-order valence-electron chi connectivity index (χ4n) is 1.36. The Labute approximate surface area is 81.2 Å². The molecule has 0 radical (unpaired) electrons. The summed E-state index contributed by atoms with van der Waals surface area (Å²) in [5.74, 6) is -0.0969. The van der Waals surface area contributed by atoms with Crippen LogP contribution in [-0.2, 0) is 4.79 Å². The van der Waals surface area contributed by atoms with Crippen LogP contribution in [-0.4, -0.2) is 11.5 Å². The van der Waals surface area contributed by atoms with Crippen molar-refractivity contribution in [3.63, 3.8) is 0 Å². The maximum Gasteiger partial charge on any atom is 0.199 e. The summed E-state index contributed by atoms with van der Waals surface area (Å²) in [5.41, 5.74) is 2.10. The van der Waals surface area contributed by atoms with Crippen LogP contribution in [0.2, 0.25) is 0 Å². The van der Waals surface area contributed by atoms with Crippen molar-refractivity contribution in [3.05, 3.63) is 29.8 Å². The Kier molecular flexibility index (Phi) is 1.93. The Morgan fingerprint density at radius 2 is 2.08 bits per heavy atom. The van der Waals surface area contributed by atoms with Gasteiger partial charge in [-0.25, -0.2) is 4.99 Å². The molecule has 2 rings (SSSR count). The second-order valence-electron chi connectivity index (χ2n) is 2.98. The number of carbonyl (C=O) groups is 1. The largest absolute Gasteiger partial charge is 0.291 e. The molecule has 0 saturated carbocycles.